The Balaban J connectivity index is 1.63. The van der Waals surface area contributed by atoms with Gasteiger partial charge in [-0.2, -0.15) is 0 Å². The molecule has 1 saturated carbocycles. The topological polar surface area (TPSA) is 12.0 Å². The highest BCUT2D eigenvalue weighted by Gasteiger charge is 2.19. The highest BCUT2D eigenvalue weighted by atomic mass is 14.8. The molecule has 0 atom stereocenters. The van der Waals surface area contributed by atoms with Crippen molar-refractivity contribution in [1.82, 2.24) is 5.32 Å². The minimum Gasteiger partial charge on any atom is -0.317 e. The second-order valence-electron chi connectivity index (χ2n) is 4.40. The maximum absolute atomic E-state index is 3.53. The van der Waals surface area contributed by atoms with E-state index in [1.807, 2.05) is 0 Å². The van der Waals surface area contributed by atoms with Gasteiger partial charge in [-0.1, -0.05) is 45.4 Å². The lowest BCUT2D eigenvalue weighted by Crippen LogP contribution is -2.16. The summed E-state index contributed by atoms with van der Waals surface area (Å²) in [5.41, 5.74) is 0. The molecule has 0 aromatic heterocycles. The molecule has 78 valence electrons. The van der Waals surface area contributed by atoms with Crippen molar-refractivity contribution in [3.63, 3.8) is 0 Å². The monoisotopic (exact) mass is 183 g/mol. The fraction of sp³-hybridized carbons (Fsp3) is 1.00. The van der Waals surface area contributed by atoms with E-state index in [-0.39, 0.29) is 0 Å². The molecule has 0 heterocycles. The average molecular weight is 183 g/mol. The summed E-state index contributed by atoms with van der Waals surface area (Å²) in [6.45, 7) is 4.78. The summed E-state index contributed by atoms with van der Waals surface area (Å²) in [4.78, 5) is 0. The molecule has 0 saturated heterocycles. The fourth-order valence-corrected chi connectivity index (χ4v) is 1.69. The summed E-state index contributed by atoms with van der Waals surface area (Å²) in [6.07, 6.45) is 11.4. The summed E-state index contributed by atoms with van der Waals surface area (Å²) < 4.78 is 0. The van der Waals surface area contributed by atoms with E-state index in [1.54, 1.807) is 0 Å². The van der Waals surface area contributed by atoms with Crippen LogP contribution in [0.3, 0.4) is 0 Å². The summed E-state index contributed by atoms with van der Waals surface area (Å²) in [6, 6.07) is 0. The predicted octanol–water partition coefficient (Wildman–Crippen LogP) is 3.35. The van der Waals surface area contributed by atoms with Gasteiger partial charge >= 0.3 is 0 Å². The number of hydrogen-bond acceptors (Lipinski definition) is 1. The molecule has 1 rings (SSSR count). The van der Waals surface area contributed by atoms with Crippen LogP contribution < -0.4 is 5.32 Å². The molecule has 1 nitrogen and oxygen atoms in total. The molecular weight excluding hydrogens is 158 g/mol. The molecule has 1 aliphatic rings. The molecule has 0 bridgehead atoms. The van der Waals surface area contributed by atoms with Crippen molar-refractivity contribution in [1.29, 1.82) is 0 Å². The second-order valence-corrected chi connectivity index (χ2v) is 4.40. The van der Waals surface area contributed by atoms with Crippen LogP contribution in [0.2, 0.25) is 0 Å². The lowest BCUT2D eigenvalue weighted by molar-refractivity contribution is 0.561. The van der Waals surface area contributed by atoms with E-state index in [1.165, 1.54) is 64.5 Å². The molecule has 1 heteroatoms. The fourth-order valence-electron chi connectivity index (χ4n) is 1.69. The van der Waals surface area contributed by atoms with Crippen molar-refractivity contribution in [2.75, 3.05) is 13.1 Å². The van der Waals surface area contributed by atoms with Gasteiger partial charge in [0, 0.05) is 0 Å². The Morgan fingerprint density at radius 3 is 2.46 bits per heavy atom. The van der Waals surface area contributed by atoms with Crippen LogP contribution in [0, 0.1) is 5.92 Å². The molecule has 0 unspecified atom stereocenters. The first kappa shape index (κ1) is 11.0. The van der Waals surface area contributed by atoms with Crippen LogP contribution >= 0.6 is 0 Å². The highest BCUT2D eigenvalue weighted by molar-refractivity contribution is 4.73. The third-order valence-electron chi connectivity index (χ3n) is 2.88. The molecule has 13 heavy (non-hydrogen) atoms. The van der Waals surface area contributed by atoms with Gasteiger partial charge in [-0.15, -0.1) is 0 Å². The van der Waals surface area contributed by atoms with Crippen LogP contribution in [0.5, 0.6) is 0 Å². The average Bonchev–Trinajstić information content (AvgIpc) is 2.93. The Morgan fingerprint density at radius 2 is 1.77 bits per heavy atom. The van der Waals surface area contributed by atoms with E-state index in [0.717, 1.165) is 5.92 Å². The van der Waals surface area contributed by atoms with E-state index in [2.05, 4.69) is 12.2 Å². The highest BCUT2D eigenvalue weighted by Crippen LogP contribution is 2.31. The Hall–Kier alpha value is -0.0400. The van der Waals surface area contributed by atoms with E-state index in [0.29, 0.717) is 0 Å². The molecule has 0 aromatic carbocycles. The number of unbranched alkanes of at least 4 members (excludes halogenated alkanes) is 4. The molecule has 0 radical (unpaired) electrons. The maximum atomic E-state index is 3.53. The first-order chi connectivity index (χ1) is 6.43. The third-order valence-corrected chi connectivity index (χ3v) is 2.88. The number of hydrogen-bond donors (Lipinski definition) is 1. The van der Waals surface area contributed by atoms with Crippen molar-refractivity contribution in [2.45, 2.75) is 58.3 Å². The zero-order chi connectivity index (χ0) is 9.36. The Bertz CT molecular complexity index is 108. The molecule has 0 spiro atoms. The van der Waals surface area contributed by atoms with Crippen molar-refractivity contribution in [2.24, 2.45) is 5.92 Å². The first-order valence-electron chi connectivity index (χ1n) is 6.14. The van der Waals surface area contributed by atoms with Gasteiger partial charge in [0.1, 0.15) is 0 Å². The van der Waals surface area contributed by atoms with Crippen LogP contribution in [0.4, 0.5) is 0 Å². The van der Waals surface area contributed by atoms with Gasteiger partial charge < -0.3 is 5.32 Å². The maximum Gasteiger partial charge on any atom is -0.00463 e. The minimum atomic E-state index is 1.09. The van der Waals surface area contributed by atoms with Crippen molar-refractivity contribution < 1.29 is 0 Å². The van der Waals surface area contributed by atoms with E-state index in [9.17, 15) is 0 Å². The molecule has 1 aliphatic carbocycles. The Morgan fingerprint density at radius 1 is 1.00 bits per heavy atom. The molecule has 1 fully saturated rings. The van der Waals surface area contributed by atoms with Crippen LogP contribution in [-0.4, -0.2) is 13.1 Å². The smallest absolute Gasteiger partial charge is 0.00463 e. The van der Waals surface area contributed by atoms with Gasteiger partial charge in [0.25, 0.3) is 0 Å². The summed E-state index contributed by atoms with van der Waals surface area (Å²) in [7, 11) is 0. The number of nitrogens with one attached hydrogen (secondary N) is 1. The summed E-state index contributed by atoms with van der Waals surface area (Å²) in [5, 5.41) is 3.53. The van der Waals surface area contributed by atoms with E-state index in [4.69, 9.17) is 0 Å². The zero-order valence-electron chi connectivity index (χ0n) is 9.15. The van der Waals surface area contributed by atoms with Crippen molar-refractivity contribution in [3.05, 3.63) is 0 Å². The molecule has 0 aromatic rings. The summed E-state index contributed by atoms with van der Waals surface area (Å²) in [5.74, 6) is 1.09. The van der Waals surface area contributed by atoms with Crippen LogP contribution in [0.1, 0.15) is 58.3 Å². The third kappa shape index (κ3) is 7.06. The van der Waals surface area contributed by atoms with Crippen molar-refractivity contribution in [3.8, 4) is 0 Å². The largest absolute Gasteiger partial charge is 0.317 e. The van der Waals surface area contributed by atoms with Gasteiger partial charge in [-0.25, -0.2) is 0 Å². The van der Waals surface area contributed by atoms with E-state index < -0.39 is 0 Å². The number of rotatable bonds is 9. The molecule has 0 aliphatic heterocycles. The van der Waals surface area contributed by atoms with Crippen LogP contribution in [0.15, 0.2) is 0 Å². The minimum absolute atomic E-state index is 1.09. The van der Waals surface area contributed by atoms with E-state index >= 15 is 0 Å². The lowest BCUT2D eigenvalue weighted by Gasteiger charge is -2.03. The van der Waals surface area contributed by atoms with Crippen LogP contribution in [-0.2, 0) is 0 Å². The normalized spacial score (nSPS) is 16.4. The molecular formula is C12H25N. The van der Waals surface area contributed by atoms with Gasteiger partial charge in [-0.05, 0) is 31.8 Å². The first-order valence-corrected chi connectivity index (χ1v) is 6.14. The predicted molar refractivity (Wildman–Crippen MR) is 59.0 cm³/mol. The van der Waals surface area contributed by atoms with Gasteiger partial charge in [-0.3, -0.25) is 0 Å². The standard InChI is InChI=1S/C12H25N/c1-2-3-4-5-6-10-13-11-9-12-7-8-12/h12-13H,2-11H2,1H3. The van der Waals surface area contributed by atoms with Gasteiger partial charge in [0.2, 0.25) is 0 Å². The summed E-state index contributed by atoms with van der Waals surface area (Å²) >= 11 is 0. The Kier molecular flexibility index (Phi) is 6.26. The SMILES string of the molecule is CCCCCCCNCCC1CC1. The van der Waals surface area contributed by atoms with Gasteiger partial charge in [0.05, 0.1) is 0 Å². The second kappa shape index (κ2) is 7.37. The van der Waals surface area contributed by atoms with Crippen LogP contribution in [0.25, 0.3) is 0 Å². The Labute approximate surface area is 83.3 Å². The van der Waals surface area contributed by atoms with Crippen molar-refractivity contribution >= 4 is 0 Å². The lowest BCUT2D eigenvalue weighted by atomic mass is 10.1. The zero-order valence-corrected chi connectivity index (χ0v) is 9.15. The van der Waals surface area contributed by atoms with Gasteiger partial charge in [0.15, 0.2) is 0 Å². The quantitative estimate of drug-likeness (QED) is 0.541. The molecule has 0 amide bonds. The molecule has 1 N–H and O–H groups in total.